The minimum absolute atomic E-state index is 0. The Morgan fingerprint density at radius 1 is 0.412 bits per heavy atom. The van der Waals surface area contributed by atoms with Crippen LogP contribution in [0.3, 0.4) is 0 Å². The largest absolute Gasteiger partial charge is 3.00 e. The van der Waals surface area contributed by atoms with E-state index in [4.69, 9.17) is 0 Å². The first kappa shape index (κ1) is 36.7. The first-order chi connectivity index (χ1) is 14.8. The van der Waals surface area contributed by atoms with Crippen molar-refractivity contribution in [2.24, 2.45) is 0 Å². The maximum Gasteiger partial charge on any atom is 3.00 e. The molecule has 0 heterocycles. The second-order valence-corrected chi connectivity index (χ2v) is 4.49. The summed E-state index contributed by atoms with van der Waals surface area (Å²) < 4.78 is 10.9. The topological polar surface area (TPSA) is 302 Å². The van der Waals surface area contributed by atoms with E-state index in [1.807, 2.05) is 0 Å². The molecule has 0 aromatic rings. The fraction of sp³-hybridized carbons (Fsp3) is 0.200. The van der Waals surface area contributed by atoms with E-state index in [2.05, 4.69) is 14.2 Å². The molecular formula is C15H9AlO18. The fourth-order valence-electron chi connectivity index (χ4n) is 0.781. The molecule has 0 aromatic carbocycles. The molecule has 18 nitrogen and oxygen atoms in total. The molecule has 0 saturated heterocycles. The monoisotopic (exact) mass is 504 g/mol. The van der Waals surface area contributed by atoms with Crippen LogP contribution < -0.4 is 15.3 Å². The van der Waals surface area contributed by atoms with Crippen molar-refractivity contribution < 1.29 is 87.1 Å². The molecule has 0 fully saturated rings. The molecule has 0 aliphatic carbocycles. The minimum atomic E-state index is -2.20. The second-order valence-electron chi connectivity index (χ2n) is 4.49. The Balaban J connectivity index is -0.000000196. The van der Waals surface area contributed by atoms with Crippen molar-refractivity contribution in [2.75, 3.05) is 0 Å². The molecular weight excluding hydrogens is 495 g/mol. The molecule has 0 unspecified atom stereocenters. The van der Waals surface area contributed by atoms with Gasteiger partial charge in [0, 0.05) is 20.8 Å². The van der Waals surface area contributed by atoms with Crippen LogP contribution in [0.5, 0.6) is 0 Å². The van der Waals surface area contributed by atoms with Gasteiger partial charge in [0.25, 0.3) is 17.3 Å². The number of hydrogen-bond donors (Lipinski definition) is 0. The Hall–Kier alpha value is -4.63. The first-order valence-corrected chi connectivity index (χ1v) is 7.29. The number of aliphatic carboxylic acids is 3. The molecule has 0 rings (SSSR count). The molecule has 180 valence electrons. The van der Waals surface area contributed by atoms with Crippen molar-refractivity contribution in [3.8, 4) is 0 Å². The molecule has 0 bridgehead atoms. The van der Waals surface area contributed by atoms with Gasteiger partial charge in [0.2, 0.25) is 0 Å². The molecule has 34 heavy (non-hydrogen) atoms. The van der Waals surface area contributed by atoms with E-state index in [9.17, 15) is 72.9 Å². The van der Waals surface area contributed by atoms with Crippen LogP contribution in [0.15, 0.2) is 0 Å². The van der Waals surface area contributed by atoms with E-state index in [1.54, 1.807) is 0 Å². The molecule has 0 aromatic heterocycles. The zero-order valence-corrected chi connectivity index (χ0v) is 18.1. The van der Waals surface area contributed by atoms with Gasteiger partial charge in [-0.05, 0) is 0 Å². The smallest absolute Gasteiger partial charge is 0.541 e. The van der Waals surface area contributed by atoms with Crippen molar-refractivity contribution in [2.45, 2.75) is 20.8 Å². The van der Waals surface area contributed by atoms with E-state index < -0.39 is 71.1 Å². The summed E-state index contributed by atoms with van der Waals surface area (Å²) in [6, 6.07) is 0. The average Bonchev–Trinajstić information content (AvgIpc) is 2.65. The third-order valence-electron chi connectivity index (χ3n) is 1.82. The Bertz CT molecular complexity index is 807. The quantitative estimate of drug-likeness (QED) is 0.106. The molecule has 0 atom stereocenters. The number of Topliss-reactive ketones (excluding diaryl/α,β-unsaturated/α-hetero) is 3. The zero-order valence-electron chi connectivity index (χ0n) is 16.9. The van der Waals surface area contributed by atoms with Gasteiger partial charge in [0.15, 0.2) is 0 Å². The van der Waals surface area contributed by atoms with Crippen LogP contribution in [-0.4, -0.2) is 88.4 Å². The molecule has 0 amide bonds. The van der Waals surface area contributed by atoms with E-state index in [1.165, 1.54) is 0 Å². The number of ketones is 3. The summed E-state index contributed by atoms with van der Waals surface area (Å²) in [7, 11) is 0. The molecule has 19 heteroatoms. The Morgan fingerprint density at radius 2 is 0.559 bits per heavy atom. The van der Waals surface area contributed by atoms with Crippen LogP contribution in [0.2, 0.25) is 0 Å². The van der Waals surface area contributed by atoms with Gasteiger partial charge in [-0.2, -0.15) is 0 Å². The molecule has 0 radical (unpaired) electrons. The summed E-state index contributed by atoms with van der Waals surface area (Å²) in [4.78, 5) is 120. The van der Waals surface area contributed by atoms with Crippen LogP contribution >= 0.6 is 0 Å². The summed E-state index contributed by atoms with van der Waals surface area (Å²) in [6.07, 6.45) is 0. The second kappa shape index (κ2) is 18.0. The molecule has 0 saturated carbocycles. The predicted octanol–water partition coefficient (Wildman–Crippen LogP) is -8.20. The SMILES string of the molecule is CC(=O)OC(=O)C(=O)C(=O)[O-].CC(=O)OC(=O)C(=O)C(=O)[O-].CC(=O)OC(=O)C(=O)C(=O)[O-].[Al+3]. The van der Waals surface area contributed by atoms with Gasteiger partial charge in [-0.25, -0.2) is 14.4 Å². The standard InChI is InChI=1S/3C5H4O6.Al/c3*1-2(6)11-5(10)3(7)4(8)9;/h3*1H3,(H,8,9);/q;;;+3/p-3. The number of carboxylic acids is 3. The fourth-order valence-corrected chi connectivity index (χ4v) is 0.781. The van der Waals surface area contributed by atoms with Crippen molar-refractivity contribution in [3.05, 3.63) is 0 Å². The maximum absolute atomic E-state index is 10.2. The summed E-state index contributed by atoms with van der Waals surface area (Å²) in [5.74, 6) is -20.6. The van der Waals surface area contributed by atoms with Gasteiger partial charge in [-0.3, -0.25) is 28.8 Å². The Labute approximate surface area is 196 Å². The predicted molar refractivity (Wildman–Crippen MR) is 86.1 cm³/mol. The summed E-state index contributed by atoms with van der Waals surface area (Å²) in [5.41, 5.74) is 0. The number of carbonyl (C=O) groups is 12. The number of carboxylic acid groups (broad SMARTS) is 3. The van der Waals surface area contributed by atoms with Gasteiger partial charge < -0.3 is 43.9 Å². The Morgan fingerprint density at radius 3 is 0.647 bits per heavy atom. The van der Waals surface area contributed by atoms with Gasteiger partial charge in [-0.15, -0.1) is 0 Å². The minimum Gasteiger partial charge on any atom is -0.541 e. The van der Waals surface area contributed by atoms with Crippen molar-refractivity contribution in [1.82, 2.24) is 0 Å². The number of hydrogen-bond acceptors (Lipinski definition) is 18. The van der Waals surface area contributed by atoms with E-state index >= 15 is 0 Å². The molecule has 0 aliphatic rings. The van der Waals surface area contributed by atoms with Gasteiger partial charge in [0.05, 0.1) is 0 Å². The Kier molecular flexibility index (Phi) is 19.4. The van der Waals surface area contributed by atoms with Gasteiger partial charge in [-0.1, -0.05) is 0 Å². The van der Waals surface area contributed by atoms with Crippen molar-refractivity contribution in [3.63, 3.8) is 0 Å². The maximum atomic E-state index is 10.2. The van der Waals surface area contributed by atoms with E-state index in [-0.39, 0.29) is 17.4 Å². The number of ether oxygens (including phenoxy) is 3. The normalized spacial score (nSPS) is 8.21. The van der Waals surface area contributed by atoms with E-state index in [0.29, 0.717) is 0 Å². The average molecular weight is 504 g/mol. The molecule has 0 N–H and O–H groups in total. The van der Waals surface area contributed by atoms with Crippen LogP contribution in [0.25, 0.3) is 0 Å². The third-order valence-corrected chi connectivity index (χ3v) is 1.82. The number of carbonyl (C=O) groups excluding carboxylic acids is 12. The van der Waals surface area contributed by atoms with Crippen LogP contribution in [-0.2, 0) is 71.7 Å². The molecule has 0 aliphatic heterocycles. The van der Waals surface area contributed by atoms with Gasteiger partial charge >= 0.3 is 53.2 Å². The third kappa shape index (κ3) is 19.3. The first-order valence-electron chi connectivity index (χ1n) is 7.29. The number of esters is 6. The summed E-state index contributed by atoms with van der Waals surface area (Å²) in [6.45, 7) is 2.58. The van der Waals surface area contributed by atoms with Crippen molar-refractivity contribution >= 4 is 88.4 Å². The van der Waals surface area contributed by atoms with Gasteiger partial charge in [0.1, 0.15) is 17.9 Å². The summed E-state index contributed by atoms with van der Waals surface area (Å²) in [5, 5.41) is 28.9. The van der Waals surface area contributed by atoms with Crippen molar-refractivity contribution in [1.29, 1.82) is 0 Å². The summed E-state index contributed by atoms with van der Waals surface area (Å²) >= 11 is 0. The number of rotatable bonds is 6. The van der Waals surface area contributed by atoms with E-state index in [0.717, 1.165) is 20.8 Å². The van der Waals surface area contributed by atoms with Crippen LogP contribution in [0.1, 0.15) is 20.8 Å². The van der Waals surface area contributed by atoms with Crippen LogP contribution in [0.4, 0.5) is 0 Å². The molecule has 0 spiro atoms. The van der Waals surface area contributed by atoms with Crippen LogP contribution in [0, 0.1) is 0 Å². The zero-order chi connectivity index (χ0) is 27.0.